The number of aliphatic hydroxyl groups excluding tert-OH is 1. The molecule has 1 amide bonds. The number of rotatable bonds is 6. The van der Waals surface area contributed by atoms with Crippen LogP contribution in [0.2, 0.25) is 0 Å². The Labute approximate surface area is 112 Å². The predicted molar refractivity (Wildman–Crippen MR) is 70.6 cm³/mol. The van der Waals surface area contributed by atoms with Gasteiger partial charge in [-0.2, -0.15) is 0 Å². The van der Waals surface area contributed by atoms with E-state index in [0.717, 1.165) is 12.8 Å². The van der Waals surface area contributed by atoms with Gasteiger partial charge in [0.05, 0.1) is 20.3 Å². The molecule has 1 unspecified atom stereocenters. The van der Waals surface area contributed by atoms with Gasteiger partial charge in [-0.3, -0.25) is 4.79 Å². The Balaban J connectivity index is 2.00. The van der Waals surface area contributed by atoms with Crippen molar-refractivity contribution in [2.75, 3.05) is 20.8 Å². The highest BCUT2D eigenvalue weighted by Gasteiger charge is 2.29. The van der Waals surface area contributed by atoms with E-state index in [1.807, 2.05) is 0 Å². The van der Waals surface area contributed by atoms with Crippen molar-refractivity contribution in [2.45, 2.75) is 18.9 Å². The molecule has 2 N–H and O–H groups in total. The minimum Gasteiger partial charge on any atom is -0.497 e. The zero-order valence-corrected chi connectivity index (χ0v) is 11.2. The van der Waals surface area contributed by atoms with Crippen LogP contribution in [-0.2, 0) is 0 Å². The molecule has 19 heavy (non-hydrogen) atoms. The number of hydrogen-bond acceptors (Lipinski definition) is 4. The minimum absolute atomic E-state index is 0.239. The fourth-order valence-corrected chi connectivity index (χ4v) is 1.89. The topological polar surface area (TPSA) is 67.8 Å². The molecule has 0 heterocycles. The standard InChI is InChI=1S/C14H19NO4/c1-18-11-5-10(6-12(7-11)19-2)14(17)15-8-13(16)9-3-4-9/h5-7,9,13,16H,3-4,8H2,1-2H3,(H,15,17). The van der Waals surface area contributed by atoms with Crippen LogP contribution in [0, 0.1) is 5.92 Å². The lowest BCUT2D eigenvalue weighted by Gasteiger charge is -2.12. The summed E-state index contributed by atoms with van der Waals surface area (Å²) in [7, 11) is 3.07. The largest absolute Gasteiger partial charge is 0.497 e. The Morgan fingerprint density at radius 2 is 1.89 bits per heavy atom. The van der Waals surface area contributed by atoms with E-state index in [0.29, 0.717) is 23.0 Å². The summed E-state index contributed by atoms with van der Waals surface area (Å²) in [6.45, 7) is 0.281. The SMILES string of the molecule is COc1cc(OC)cc(C(=O)NCC(O)C2CC2)c1. The summed E-state index contributed by atoms with van der Waals surface area (Å²) >= 11 is 0. The normalized spacial score (nSPS) is 15.7. The van der Waals surface area contributed by atoms with Crippen molar-refractivity contribution >= 4 is 5.91 Å². The molecule has 5 nitrogen and oxygen atoms in total. The molecular formula is C14H19NO4. The third-order valence-electron chi connectivity index (χ3n) is 3.25. The summed E-state index contributed by atoms with van der Waals surface area (Å²) in [6, 6.07) is 4.98. The molecule has 2 rings (SSSR count). The zero-order chi connectivity index (χ0) is 13.8. The zero-order valence-electron chi connectivity index (χ0n) is 11.2. The second kappa shape index (κ2) is 5.93. The molecule has 0 bridgehead atoms. The van der Waals surface area contributed by atoms with Gasteiger partial charge in [-0.25, -0.2) is 0 Å². The van der Waals surface area contributed by atoms with Crippen LogP contribution in [0.3, 0.4) is 0 Å². The highest BCUT2D eigenvalue weighted by atomic mass is 16.5. The van der Waals surface area contributed by atoms with E-state index >= 15 is 0 Å². The van der Waals surface area contributed by atoms with Crippen molar-refractivity contribution in [1.29, 1.82) is 0 Å². The van der Waals surface area contributed by atoms with Gasteiger partial charge in [0.2, 0.25) is 0 Å². The van der Waals surface area contributed by atoms with Crippen LogP contribution < -0.4 is 14.8 Å². The molecule has 1 aromatic rings. The molecular weight excluding hydrogens is 246 g/mol. The van der Waals surface area contributed by atoms with Gasteiger partial charge >= 0.3 is 0 Å². The van der Waals surface area contributed by atoms with Gasteiger partial charge in [-0.1, -0.05) is 0 Å². The molecule has 104 valence electrons. The highest BCUT2D eigenvalue weighted by molar-refractivity contribution is 5.95. The van der Waals surface area contributed by atoms with Crippen LogP contribution in [0.25, 0.3) is 0 Å². The lowest BCUT2D eigenvalue weighted by Crippen LogP contribution is -2.33. The quantitative estimate of drug-likeness (QED) is 0.811. The Bertz CT molecular complexity index is 435. The van der Waals surface area contributed by atoms with Crippen molar-refractivity contribution < 1.29 is 19.4 Å². The van der Waals surface area contributed by atoms with Crippen LogP contribution in [-0.4, -0.2) is 37.9 Å². The molecule has 1 fully saturated rings. The molecule has 1 aliphatic carbocycles. The number of carbonyl (C=O) groups is 1. The fraction of sp³-hybridized carbons (Fsp3) is 0.500. The van der Waals surface area contributed by atoms with E-state index in [-0.39, 0.29) is 12.5 Å². The van der Waals surface area contributed by atoms with Gasteiger partial charge in [-0.15, -0.1) is 0 Å². The van der Waals surface area contributed by atoms with Crippen LogP contribution >= 0.6 is 0 Å². The van der Waals surface area contributed by atoms with Crippen LogP contribution in [0.1, 0.15) is 23.2 Å². The van der Waals surface area contributed by atoms with E-state index in [9.17, 15) is 9.90 Å². The van der Waals surface area contributed by atoms with Gasteiger partial charge in [0, 0.05) is 18.2 Å². The molecule has 5 heteroatoms. The van der Waals surface area contributed by atoms with Gasteiger partial charge in [0.15, 0.2) is 0 Å². The van der Waals surface area contributed by atoms with Gasteiger partial charge in [0.25, 0.3) is 5.91 Å². The van der Waals surface area contributed by atoms with Crippen molar-refractivity contribution in [3.05, 3.63) is 23.8 Å². The van der Waals surface area contributed by atoms with Crippen LogP contribution in [0.15, 0.2) is 18.2 Å². The predicted octanol–water partition coefficient (Wildman–Crippen LogP) is 1.20. The lowest BCUT2D eigenvalue weighted by atomic mass is 10.1. The van der Waals surface area contributed by atoms with Gasteiger partial charge < -0.3 is 19.9 Å². The number of benzene rings is 1. The molecule has 0 aliphatic heterocycles. The minimum atomic E-state index is -0.448. The first-order valence-corrected chi connectivity index (χ1v) is 6.33. The van der Waals surface area contributed by atoms with Crippen molar-refractivity contribution in [1.82, 2.24) is 5.32 Å². The van der Waals surface area contributed by atoms with Crippen molar-refractivity contribution in [3.8, 4) is 11.5 Å². The molecule has 0 aromatic heterocycles. The lowest BCUT2D eigenvalue weighted by molar-refractivity contribution is 0.0900. The molecule has 1 aliphatic rings. The molecule has 0 saturated heterocycles. The Morgan fingerprint density at radius 1 is 1.32 bits per heavy atom. The molecule has 1 atom stereocenters. The second-order valence-corrected chi connectivity index (χ2v) is 4.72. The highest BCUT2D eigenvalue weighted by Crippen LogP contribution is 2.32. The summed E-state index contributed by atoms with van der Waals surface area (Å²) in [6.07, 6.45) is 1.64. The summed E-state index contributed by atoms with van der Waals surface area (Å²) in [4.78, 5) is 12.0. The number of ether oxygens (including phenoxy) is 2. The molecule has 1 aromatic carbocycles. The third-order valence-corrected chi connectivity index (χ3v) is 3.25. The summed E-state index contributed by atoms with van der Waals surface area (Å²) in [5, 5.41) is 12.4. The Kier molecular flexibility index (Phi) is 4.27. The molecule has 1 saturated carbocycles. The smallest absolute Gasteiger partial charge is 0.251 e. The van der Waals surface area contributed by atoms with Gasteiger partial charge in [0.1, 0.15) is 11.5 Å². The molecule has 0 radical (unpaired) electrons. The van der Waals surface area contributed by atoms with E-state index in [4.69, 9.17) is 9.47 Å². The first kappa shape index (κ1) is 13.7. The maximum Gasteiger partial charge on any atom is 0.251 e. The van der Waals surface area contributed by atoms with E-state index in [1.165, 1.54) is 14.2 Å². The number of amides is 1. The molecule has 0 spiro atoms. The number of methoxy groups -OCH3 is 2. The summed E-state index contributed by atoms with van der Waals surface area (Å²) in [5.74, 6) is 1.23. The maximum atomic E-state index is 12.0. The second-order valence-electron chi connectivity index (χ2n) is 4.72. The van der Waals surface area contributed by atoms with E-state index < -0.39 is 6.10 Å². The van der Waals surface area contributed by atoms with Crippen molar-refractivity contribution in [3.63, 3.8) is 0 Å². The van der Waals surface area contributed by atoms with Crippen molar-refractivity contribution in [2.24, 2.45) is 5.92 Å². The van der Waals surface area contributed by atoms with E-state index in [1.54, 1.807) is 18.2 Å². The summed E-state index contributed by atoms with van der Waals surface area (Å²) < 4.78 is 10.2. The third kappa shape index (κ3) is 3.61. The number of nitrogens with one attached hydrogen (secondary N) is 1. The fourth-order valence-electron chi connectivity index (χ4n) is 1.89. The first-order chi connectivity index (χ1) is 9.13. The average molecular weight is 265 g/mol. The average Bonchev–Trinajstić information content (AvgIpc) is 3.28. The Hall–Kier alpha value is -1.75. The van der Waals surface area contributed by atoms with Crippen LogP contribution in [0.4, 0.5) is 0 Å². The Morgan fingerprint density at radius 3 is 2.37 bits per heavy atom. The number of carbonyl (C=O) groups excluding carboxylic acids is 1. The van der Waals surface area contributed by atoms with Crippen LogP contribution in [0.5, 0.6) is 11.5 Å². The maximum absolute atomic E-state index is 12.0. The van der Waals surface area contributed by atoms with Gasteiger partial charge in [-0.05, 0) is 30.9 Å². The monoisotopic (exact) mass is 265 g/mol. The van der Waals surface area contributed by atoms with E-state index in [2.05, 4.69) is 5.32 Å². The number of hydrogen-bond donors (Lipinski definition) is 2. The summed E-state index contributed by atoms with van der Waals surface area (Å²) in [5.41, 5.74) is 0.458. The first-order valence-electron chi connectivity index (χ1n) is 6.33. The number of aliphatic hydroxyl groups is 1.